The Labute approximate surface area is 214 Å². The van der Waals surface area contributed by atoms with Crippen LogP contribution in [0.1, 0.15) is 56.6 Å². The summed E-state index contributed by atoms with van der Waals surface area (Å²) >= 11 is 0. The lowest BCUT2D eigenvalue weighted by Crippen LogP contribution is -2.27. The van der Waals surface area contributed by atoms with Crippen molar-refractivity contribution in [2.24, 2.45) is 4.99 Å². The van der Waals surface area contributed by atoms with Gasteiger partial charge < -0.3 is 16.0 Å². The van der Waals surface area contributed by atoms with Crippen molar-refractivity contribution in [1.29, 1.82) is 0 Å². The molecule has 196 valence electrons. The van der Waals surface area contributed by atoms with Gasteiger partial charge in [-0.3, -0.25) is 14.6 Å². The molecule has 1 amide bonds. The van der Waals surface area contributed by atoms with E-state index in [4.69, 9.17) is 5.73 Å². The fourth-order valence-corrected chi connectivity index (χ4v) is 3.94. The first-order chi connectivity index (χ1) is 17.8. The number of benzene rings is 2. The van der Waals surface area contributed by atoms with E-state index < -0.39 is 28.8 Å². The second-order valence-electron chi connectivity index (χ2n) is 8.52. The Balaban J connectivity index is 0.00000186. The third-order valence-corrected chi connectivity index (χ3v) is 5.61. The largest absolute Gasteiger partial charge is 0.398 e. The minimum absolute atomic E-state index is 0.0584. The number of carbonyl (C=O) groups excluding carboxylic acids is 1. The van der Waals surface area contributed by atoms with E-state index in [0.717, 1.165) is 49.8 Å². The molecule has 3 aromatic rings. The zero-order valence-electron chi connectivity index (χ0n) is 21.5. The van der Waals surface area contributed by atoms with Gasteiger partial charge in [-0.25, -0.2) is 8.78 Å². The number of hydrogen-bond acceptors (Lipinski definition) is 6. The Morgan fingerprint density at radius 1 is 1.05 bits per heavy atom. The highest BCUT2D eigenvalue weighted by atomic mass is 19.1. The van der Waals surface area contributed by atoms with E-state index in [1.54, 1.807) is 18.3 Å². The quantitative estimate of drug-likeness (QED) is 0.366. The summed E-state index contributed by atoms with van der Waals surface area (Å²) in [6.45, 7) is 9.49. The molecule has 1 aliphatic rings. The summed E-state index contributed by atoms with van der Waals surface area (Å²) in [5.74, 6) is -2.59. The molecule has 2 heterocycles. The lowest BCUT2D eigenvalue weighted by atomic mass is 10.1. The summed E-state index contributed by atoms with van der Waals surface area (Å²) < 4.78 is 29.1. The summed E-state index contributed by atoms with van der Waals surface area (Å²) in [6.07, 6.45) is 3.72. The molecule has 0 atom stereocenters. The van der Waals surface area contributed by atoms with Crippen LogP contribution < -0.4 is 21.5 Å². The van der Waals surface area contributed by atoms with Crippen LogP contribution in [-0.4, -0.2) is 41.0 Å². The van der Waals surface area contributed by atoms with Crippen molar-refractivity contribution in [2.75, 3.05) is 29.0 Å². The highest BCUT2D eigenvalue weighted by Gasteiger charge is 2.23. The zero-order valence-corrected chi connectivity index (χ0v) is 21.5. The van der Waals surface area contributed by atoms with Crippen molar-refractivity contribution >= 4 is 29.2 Å². The molecular weight excluding hydrogens is 478 g/mol. The highest BCUT2D eigenvalue weighted by molar-refractivity contribution is 6.08. The summed E-state index contributed by atoms with van der Waals surface area (Å²) in [7, 11) is 0. The number of para-hydroxylation sites is 1. The van der Waals surface area contributed by atoms with E-state index in [-0.39, 0.29) is 11.7 Å². The van der Waals surface area contributed by atoms with E-state index in [9.17, 15) is 18.4 Å². The van der Waals surface area contributed by atoms with Crippen molar-refractivity contribution in [2.45, 2.75) is 46.6 Å². The molecule has 0 spiro atoms. The van der Waals surface area contributed by atoms with Crippen molar-refractivity contribution in [1.82, 2.24) is 9.78 Å². The third-order valence-electron chi connectivity index (χ3n) is 5.61. The van der Waals surface area contributed by atoms with E-state index in [0.29, 0.717) is 21.6 Å². The van der Waals surface area contributed by atoms with Crippen LogP contribution in [0.25, 0.3) is 5.69 Å². The van der Waals surface area contributed by atoms with E-state index >= 15 is 0 Å². The Bertz CT molecular complexity index is 1330. The van der Waals surface area contributed by atoms with Crippen LogP contribution in [0.4, 0.5) is 25.8 Å². The predicted molar refractivity (Wildman–Crippen MR) is 144 cm³/mol. The minimum atomic E-state index is -0.971. The molecule has 37 heavy (non-hydrogen) atoms. The standard InChI is InChI=1S/C25H26F2N6O2.C2H6/c1-15(2)29-14-16-19(28)8-9-20(23(16)32-12-3-4-13-32)30-25(35)21-10-11-22(34)33(31-21)24-17(26)6-5-7-18(24)27;1-2/h5-11,14-15H,3-4,12-13,28H2,1-2H3,(H,30,35);1-2H3. The molecule has 0 saturated carbocycles. The fourth-order valence-electron chi connectivity index (χ4n) is 3.94. The number of hydrogen-bond donors (Lipinski definition) is 2. The molecule has 0 aliphatic carbocycles. The Morgan fingerprint density at radius 3 is 2.32 bits per heavy atom. The first-order valence-corrected chi connectivity index (χ1v) is 12.3. The average Bonchev–Trinajstić information content (AvgIpc) is 3.40. The number of nitrogens with zero attached hydrogens (tertiary/aromatic N) is 4. The average molecular weight is 511 g/mol. The molecule has 4 rings (SSSR count). The number of amides is 1. The predicted octanol–water partition coefficient (Wildman–Crippen LogP) is 4.80. The fraction of sp³-hybridized carbons (Fsp3) is 0.333. The molecule has 3 N–H and O–H groups in total. The lowest BCUT2D eigenvalue weighted by Gasteiger charge is -2.25. The topological polar surface area (TPSA) is 106 Å². The van der Waals surface area contributed by atoms with Crippen LogP contribution in [-0.2, 0) is 0 Å². The van der Waals surface area contributed by atoms with Gasteiger partial charge >= 0.3 is 0 Å². The summed E-state index contributed by atoms with van der Waals surface area (Å²) in [6, 6.07) is 8.88. The molecular formula is C27H32F2N6O2. The van der Waals surface area contributed by atoms with E-state index in [2.05, 4.69) is 20.3 Å². The normalized spacial score (nSPS) is 13.1. The van der Waals surface area contributed by atoms with Gasteiger partial charge in [-0.1, -0.05) is 19.9 Å². The maximum absolute atomic E-state index is 14.3. The van der Waals surface area contributed by atoms with Crippen molar-refractivity contribution in [3.63, 3.8) is 0 Å². The van der Waals surface area contributed by atoms with Crippen molar-refractivity contribution < 1.29 is 13.6 Å². The van der Waals surface area contributed by atoms with Gasteiger partial charge in [-0.05, 0) is 57.0 Å². The monoisotopic (exact) mass is 510 g/mol. The van der Waals surface area contributed by atoms with E-state index in [1.165, 1.54) is 12.1 Å². The Kier molecular flexibility index (Phi) is 9.10. The number of nitrogens with one attached hydrogen (secondary N) is 1. The summed E-state index contributed by atoms with van der Waals surface area (Å²) in [4.78, 5) is 32.1. The number of nitrogen functional groups attached to an aromatic ring is 1. The minimum Gasteiger partial charge on any atom is -0.398 e. The van der Waals surface area contributed by atoms with Crippen LogP contribution in [0.15, 0.2) is 52.3 Å². The van der Waals surface area contributed by atoms with Gasteiger partial charge in [-0.15, -0.1) is 0 Å². The highest BCUT2D eigenvalue weighted by Crippen LogP contribution is 2.35. The van der Waals surface area contributed by atoms with Crippen molar-refractivity contribution in [3.05, 3.63) is 75.7 Å². The molecule has 8 nitrogen and oxygen atoms in total. The van der Waals surface area contributed by atoms with Crippen LogP contribution >= 0.6 is 0 Å². The number of halogens is 2. The number of rotatable bonds is 6. The lowest BCUT2D eigenvalue weighted by molar-refractivity contribution is 0.102. The van der Waals surface area contributed by atoms with Gasteiger partial charge in [0.1, 0.15) is 11.4 Å². The number of carbonyl (C=O) groups is 1. The van der Waals surface area contributed by atoms with Gasteiger partial charge in [-0.2, -0.15) is 9.78 Å². The SMILES string of the molecule is CC.CC(C)N=Cc1c(N)ccc(NC(=O)c2ccc(=O)n(-c3c(F)cccc3F)n2)c1N1CCCC1. The van der Waals surface area contributed by atoms with E-state index in [1.807, 2.05) is 27.7 Å². The van der Waals surface area contributed by atoms with Gasteiger partial charge in [0.15, 0.2) is 11.6 Å². The molecule has 0 unspecified atom stereocenters. The maximum atomic E-state index is 14.3. The summed E-state index contributed by atoms with van der Waals surface area (Å²) in [5, 5.41) is 6.76. The second kappa shape index (κ2) is 12.2. The smallest absolute Gasteiger partial charge is 0.276 e. The van der Waals surface area contributed by atoms with Gasteiger partial charge in [0.05, 0.1) is 11.4 Å². The number of nitrogens with two attached hydrogens (primary N) is 1. The molecule has 10 heteroatoms. The van der Waals surface area contributed by atoms with Crippen LogP contribution in [0, 0.1) is 11.6 Å². The number of aliphatic imine (C=N–C) groups is 1. The summed E-state index contributed by atoms with van der Waals surface area (Å²) in [5.41, 5.74) is 7.11. The molecule has 0 bridgehead atoms. The first-order valence-electron chi connectivity index (χ1n) is 12.3. The molecule has 1 aromatic heterocycles. The van der Waals surface area contributed by atoms with Crippen LogP contribution in [0.3, 0.4) is 0 Å². The van der Waals surface area contributed by atoms with Gasteiger partial charge in [0, 0.05) is 42.7 Å². The number of anilines is 3. The maximum Gasteiger partial charge on any atom is 0.276 e. The molecule has 2 aromatic carbocycles. The first kappa shape index (κ1) is 27.5. The number of aromatic nitrogens is 2. The van der Waals surface area contributed by atoms with Gasteiger partial charge in [0.2, 0.25) is 0 Å². The zero-order chi connectivity index (χ0) is 27.1. The molecule has 1 fully saturated rings. The molecule has 0 radical (unpaired) electrons. The Morgan fingerprint density at radius 2 is 1.70 bits per heavy atom. The molecule has 1 saturated heterocycles. The molecule has 1 aliphatic heterocycles. The second-order valence-corrected chi connectivity index (χ2v) is 8.52. The van der Waals surface area contributed by atoms with Crippen LogP contribution in [0.2, 0.25) is 0 Å². The van der Waals surface area contributed by atoms with Gasteiger partial charge in [0.25, 0.3) is 11.5 Å². The third kappa shape index (κ3) is 6.19. The Hall–Kier alpha value is -4.08. The van der Waals surface area contributed by atoms with Crippen molar-refractivity contribution in [3.8, 4) is 5.69 Å². The van der Waals surface area contributed by atoms with Crippen LogP contribution in [0.5, 0.6) is 0 Å².